The van der Waals surface area contributed by atoms with Crippen molar-refractivity contribution in [1.29, 1.82) is 0 Å². The second-order valence-corrected chi connectivity index (χ2v) is 4.60. The average Bonchev–Trinajstić information content (AvgIpc) is 2.48. The second kappa shape index (κ2) is 6.95. The summed E-state index contributed by atoms with van der Waals surface area (Å²) in [5, 5.41) is 5.92. The molecule has 2 rings (SSSR count). The summed E-state index contributed by atoms with van der Waals surface area (Å²) in [5.74, 6) is 0.900. The minimum Gasteiger partial charge on any atom is -0.494 e. The van der Waals surface area contributed by atoms with E-state index >= 15 is 0 Å². The van der Waals surface area contributed by atoms with Crippen molar-refractivity contribution in [3.8, 4) is 5.75 Å². The van der Waals surface area contributed by atoms with Crippen LogP contribution in [-0.4, -0.2) is 24.5 Å². The number of ether oxygens (including phenoxy) is 1. The molecular formula is C15H16ClN3O2. The molecular weight excluding hydrogens is 290 g/mol. The number of halogens is 1. The van der Waals surface area contributed by atoms with Gasteiger partial charge >= 0.3 is 0 Å². The van der Waals surface area contributed by atoms with Crippen molar-refractivity contribution in [2.45, 2.75) is 6.92 Å². The summed E-state index contributed by atoms with van der Waals surface area (Å²) in [6, 6.07) is 10.5. The van der Waals surface area contributed by atoms with Crippen molar-refractivity contribution in [2.75, 3.05) is 24.3 Å². The fourth-order valence-corrected chi connectivity index (χ4v) is 1.95. The first-order chi connectivity index (χ1) is 10.1. The lowest BCUT2D eigenvalue weighted by molar-refractivity contribution is 0.102. The minimum absolute atomic E-state index is 0.172. The van der Waals surface area contributed by atoms with Gasteiger partial charge in [0.05, 0.1) is 11.6 Å². The van der Waals surface area contributed by atoms with Gasteiger partial charge in [0.15, 0.2) is 0 Å². The van der Waals surface area contributed by atoms with Gasteiger partial charge in [-0.15, -0.1) is 0 Å². The summed E-state index contributed by atoms with van der Waals surface area (Å²) in [6.07, 6.45) is 0. The van der Waals surface area contributed by atoms with Crippen LogP contribution in [0.3, 0.4) is 0 Å². The number of aromatic nitrogens is 1. The average molecular weight is 306 g/mol. The van der Waals surface area contributed by atoms with Gasteiger partial charge < -0.3 is 15.4 Å². The van der Waals surface area contributed by atoms with E-state index < -0.39 is 0 Å². The Morgan fingerprint density at radius 3 is 2.86 bits per heavy atom. The number of carbonyl (C=O) groups excluding carboxylic acids is 1. The number of pyridine rings is 1. The van der Waals surface area contributed by atoms with Crippen molar-refractivity contribution in [1.82, 2.24) is 4.98 Å². The number of amides is 1. The summed E-state index contributed by atoms with van der Waals surface area (Å²) in [5.41, 5.74) is 0.795. The molecule has 0 unspecified atom stereocenters. The molecule has 0 spiro atoms. The topological polar surface area (TPSA) is 63.2 Å². The highest BCUT2D eigenvalue weighted by Gasteiger charge is 2.13. The number of benzene rings is 1. The van der Waals surface area contributed by atoms with Gasteiger partial charge in [-0.05, 0) is 31.2 Å². The van der Waals surface area contributed by atoms with Gasteiger partial charge in [0.2, 0.25) is 0 Å². The standard InChI is InChI=1S/C15H16ClN3O2/c1-3-21-11-6-4-5-10(9-11)18-15(20)14-12(16)7-8-13(17-2)19-14/h4-9H,3H2,1-2H3,(H,17,19)(H,18,20). The fraction of sp³-hybridized carbons (Fsp3) is 0.200. The van der Waals surface area contributed by atoms with Gasteiger partial charge in [-0.1, -0.05) is 17.7 Å². The summed E-state index contributed by atoms with van der Waals surface area (Å²) in [6.45, 7) is 2.47. The molecule has 1 aromatic heterocycles. The molecule has 6 heteroatoms. The largest absolute Gasteiger partial charge is 0.494 e. The highest BCUT2D eigenvalue weighted by Crippen LogP contribution is 2.21. The van der Waals surface area contributed by atoms with Crippen LogP contribution in [0.2, 0.25) is 5.02 Å². The Morgan fingerprint density at radius 2 is 2.14 bits per heavy atom. The van der Waals surface area contributed by atoms with E-state index in [1.165, 1.54) is 0 Å². The molecule has 0 aliphatic heterocycles. The first-order valence-corrected chi connectivity index (χ1v) is 6.90. The maximum Gasteiger partial charge on any atom is 0.275 e. The van der Waals surface area contributed by atoms with E-state index in [1.807, 2.05) is 13.0 Å². The SMILES string of the molecule is CCOc1cccc(NC(=O)c2nc(NC)ccc2Cl)c1. The molecule has 0 atom stereocenters. The van der Waals surface area contributed by atoms with Crippen molar-refractivity contribution in [2.24, 2.45) is 0 Å². The molecule has 0 radical (unpaired) electrons. The van der Waals surface area contributed by atoms with E-state index in [4.69, 9.17) is 16.3 Å². The van der Waals surface area contributed by atoms with Crippen LogP contribution in [0.5, 0.6) is 5.75 Å². The molecule has 0 aliphatic carbocycles. The molecule has 0 saturated heterocycles. The van der Waals surface area contributed by atoms with Gasteiger partial charge in [0.25, 0.3) is 5.91 Å². The molecule has 0 aliphatic rings. The van der Waals surface area contributed by atoms with Crippen LogP contribution in [0, 0.1) is 0 Å². The van der Waals surface area contributed by atoms with E-state index in [0.717, 1.165) is 0 Å². The first kappa shape index (κ1) is 15.1. The zero-order chi connectivity index (χ0) is 15.2. The summed E-state index contributed by atoms with van der Waals surface area (Å²) in [4.78, 5) is 16.4. The lowest BCUT2D eigenvalue weighted by atomic mass is 10.2. The summed E-state index contributed by atoms with van der Waals surface area (Å²) in [7, 11) is 1.73. The molecule has 1 aromatic carbocycles. The number of rotatable bonds is 5. The van der Waals surface area contributed by atoms with E-state index in [2.05, 4.69) is 15.6 Å². The van der Waals surface area contributed by atoms with Gasteiger partial charge in [-0.3, -0.25) is 4.79 Å². The number of hydrogen-bond donors (Lipinski definition) is 2. The number of nitrogens with one attached hydrogen (secondary N) is 2. The molecule has 2 N–H and O–H groups in total. The Kier molecular flexibility index (Phi) is 5.00. The van der Waals surface area contributed by atoms with Crippen molar-refractivity contribution < 1.29 is 9.53 Å². The van der Waals surface area contributed by atoms with Crippen LogP contribution >= 0.6 is 11.6 Å². The molecule has 1 amide bonds. The van der Waals surface area contributed by atoms with Crippen LogP contribution in [0.15, 0.2) is 36.4 Å². The predicted octanol–water partition coefficient (Wildman–Crippen LogP) is 3.43. The van der Waals surface area contributed by atoms with E-state index in [-0.39, 0.29) is 11.6 Å². The minimum atomic E-state index is -0.370. The van der Waals surface area contributed by atoms with Crippen LogP contribution < -0.4 is 15.4 Å². The van der Waals surface area contributed by atoms with E-state index in [0.29, 0.717) is 28.9 Å². The zero-order valence-electron chi connectivity index (χ0n) is 11.8. The maximum absolute atomic E-state index is 12.2. The summed E-state index contributed by atoms with van der Waals surface area (Å²) < 4.78 is 5.39. The zero-order valence-corrected chi connectivity index (χ0v) is 12.6. The molecule has 1 heterocycles. The number of carbonyl (C=O) groups is 1. The van der Waals surface area contributed by atoms with Gasteiger partial charge in [0.1, 0.15) is 17.3 Å². The maximum atomic E-state index is 12.2. The fourth-order valence-electron chi connectivity index (χ4n) is 1.76. The first-order valence-electron chi connectivity index (χ1n) is 6.52. The molecule has 110 valence electrons. The Labute approximate surface area is 128 Å². The third-order valence-corrected chi connectivity index (χ3v) is 3.03. The van der Waals surface area contributed by atoms with Crippen molar-refractivity contribution in [3.63, 3.8) is 0 Å². The van der Waals surface area contributed by atoms with Crippen molar-refractivity contribution in [3.05, 3.63) is 47.1 Å². The molecule has 0 saturated carbocycles. The van der Waals surface area contributed by atoms with E-state index in [9.17, 15) is 4.79 Å². The molecule has 5 nitrogen and oxygen atoms in total. The van der Waals surface area contributed by atoms with E-state index in [1.54, 1.807) is 37.4 Å². The normalized spacial score (nSPS) is 10.0. The number of anilines is 2. The monoisotopic (exact) mass is 305 g/mol. The number of nitrogens with zero attached hydrogens (tertiary/aromatic N) is 1. The highest BCUT2D eigenvalue weighted by atomic mass is 35.5. The molecule has 0 fully saturated rings. The van der Waals surface area contributed by atoms with Crippen LogP contribution in [-0.2, 0) is 0 Å². The second-order valence-electron chi connectivity index (χ2n) is 4.19. The third kappa shape index (κ3) is 3.86. The third-order valence-electron chi connectivity index (χ3n) is 2.72. The Bertz CT molecular complexity index is 647. The molecule has 21 heavy (non-hydrogen) atoms. The van der Waals surface area contributed by atoms with Crippen LogP contribution in [0.1, 0.15) is 17.4 Å². The van der Waals surface area contributed by atoms with Crippen LogP contribution in [0.4, 0.5) is 11.5 Å². The molecule has 2 aromatic rings. The quantitative estimate of drug-likeness (QED) is 0.888. The summed E-state index contributed by atoms with van der Waals surface area (Å²) >= 11 is 6.02. The Hall–Kier alpha value is -2.27. The smallest absolute Gasteiger partial charge is 0.275 e. The lowest BCUT2D eigenvalue weighted by Gasteiger charge is -2.09. The highest BCUT2D eigenvalue weighted by molar-refractivity contribution is 6.34. The van der Waals surface area contributed by atoms with Gasteiger partial charge in [-0.25, -0.2) is 4.98 Å². The number of hydrogen-bond acceptors (Lipinski definition) is 4. The molecule has 0 bridgehead atoms. The Morgan fingerprint density at radius 1 is 1.33 bits per heavy atom. The van der Waals surface area contributed by atoms with Gasteiger partial charge in [-0.2, -0.15) is 0 Å². The lowest BCUT2D eigenvalue weighted by Crippen LogP contribution is -2.15. The van der Waals surface area contributed by atoms with Crippen LogP contribution in [0.25, 0.3) is 0 Å². The predicted molar refractivity (Wildman–Crippen MR) is 84.4 cm³/mol. The van der Waals surface area contributed by atoms with Crippen molar-refractivity contribution >= 4 is 29.0 Å². The van der Waals surface area contributed by atoms with Gasteiger partial charge in [0, 0.05) is 18.8 Å². The Balaban J connectivity index is 2.19.